The van der Waals surface area contributed by atoms with E-state index in [0.717, 1.165) is 12.0 Å². The van der Waals surface area contributed by atoms with Crippen LogP contribution in [0, 0.1) is 11.7 Å². The Kier molecular flexibility index (Phi) is 5.04. The Morgan fingerprint density at radius 1 is 1.24 bits per heavy atom. The number of nitrogens with zero attached hydrogens (tertiary/aromatic N) is 1. The number of benzene rings is 1. The molecular weight excluding hydrogens is 327 g/mol. The molecule has 0 saturated carbocycles. The van der Waals surface area contributed by atoms with Crippen LogP contribution in [-0.4, -0.2) is 35.1 Å². The Morgan fingerprint density at radius 3 is 2.64 bits per heavy atom. The van der Waals surface area contributed by atoms with Crippen LogP contribution in [0.3, 0.4) is 0 Å². The van der Waals surface area contributed by atoms with Gasteiger partial charge in [0.25, 0.3) is 5.91 Å². The average Bonchev–Trinajstić information content (AvgIpc) is 3.09. The summed E-state index contributed by atoms with van der Waals surface area (Å²) in [6, 6.07) is 8.87. The molecule has 25 heavy (non-hydrogen) atoms. The largest absolute Gasteiger partial charge is 0.477 e. The zero-order valence-corrected chi connectivity index (χ0v) is 13.3. The highest BCUT2D eigenvalue weighted by Gasteiger charge is 2.30. The van der Waals surface area contributed by atoms with Crippen molar-refractivity contribution in [2.45, 2.75) is 12.5 Å². The number of halogens is 1. The molecule has 1 amide bonds. The number of rotatable bonds is 5. The number of carbonyl (C=O) groups excluding carboxylic acids is 1. The fourth-order valence-corrected chi connectivity index (χ4v) is 2.84. The van der Waals surface area contributed by atoms with E-state index >= 15 is 0 Å². The number of amides is 1. The number of aromatic carboxylic acids is 1. The van der Waals surface area contributed by atoms with Crippen LogP contribution in [0.4, 0.5) is 4.39 Å². The van der Waals surface area contributed by atoms with Crippen molar-refractivity contribution in [2.24, 2.45) is 5.92 Å². The van der Waals surface area contributed by atoms with Crippen molar-refractivity contribution in [1.82, 2.24) is 10.3 Å². The van der Waals surface area contributed by atoms with E-state index in [9.17, 15) is 14.0 Å². The lowest BCUT2D eigenvalue weighted by Gasteiger charge is -2.19. The second kappa shape index (κ2) is 7.40. The van der Waals surface area contributed by atoms with Gasteiger partial charge in [0.15, 0.2) is 0 Å². The number of carbonyl (C=O) groups is 2. The summed E-state index contributed by atoms with van der Waals surface area (Å²) in [5.41, 5.74) is 1.06. The van der Waals surface area contributed by atoms with Crippen LogP contribution in [-0.2, 0) is 4.74 Å². The van der Waals surface area contributed by atoms with E-state index in [0.29, 0.717) is 18.7 Å². The molecule has 1 aliphatic heterocycles. The van der Waals surface area contributed by atoms with E-state index in [1.165, 1.54) is 30.5 Å². The SMILES string of the molecule is O=C(NC[C@@H]1CCO[C@H]1c1ccc(F)cc1)c1ccc(C(=O)O)nc1. The lowest BCUT2D eigenvalue weighted by Crippen LogP contribution is -2.30. The molecule has 0 radical (unpaired) electrons. The molecule has 6 nitrogen and oxygen atoms in total. The summed E-state index contributed by atoms with van der Waals surface area (Å²) in [6.07, 6.45) is 1.84. The zero-order valence-electron chi connectivity index (χ0n) is 13.3. The molecule has 2 N–H and O–H groups in total. The molecule has 2 heterocycles. The third-order valence-electron chi connectivity index (χ3n) is 4.18. The Bertz CT molecular complexity index is 762. The maximum atomic E-state index is 13.1. The van der Waals surface area contributed by atoms with Gasteiger partial charge < -0.3 is 15.2 Å². The smallest absolute Gasteiger partial charge is 0.354 e. The van der Waals surface area contributed by atoms with Gasteiger partial charge in [-0.05, 0) is 36.2 Å². The topological polar surface area (TPSA) is 88.5 Å². The van der Waals surface area contributed by atoms with Crippen molar-refractivity contribution in [3.05, 3.63) is 65.2 Å². The highest BCUT2D eigenvalue weighted by Crippen LogP contribution is 2.34. The van der Waals surface area contributed by atoms with Crippen molar-refractivity contribution in [2.75, 3.05) is 13.2 Å². The van der Waals surface area contributed by atoms with Gasteiger partial charge in [-0.2, -0.15) is 0 Å². The minimum atomic E-state index is -1.14. The minimum Gasteiger partial charge on any atom is -0.477 e. The number of ether oxygens (including phenoxy) is 1. The molecule has 0 unspecified atom stereocenters. The van der Waals surface area contributed by atoms with E-state index in [4.69, 9.17) is 9.84 Å². The van der Waals surface area contributed by atoms with Gasteiger partial charge in [0.2, 0.25) is 0 Å². The van der Waals surface area contributed by atoms with Crippen molar-refractivity contribution >= 4 is 11.9 Å². The van der Waals surface area contributed by atoms with Gasteiger partial charge in [0, 0.05) is 25.3 Å². The fourth-order valence-electron chi connectivity index (χ4n) is 2.84. The van der Waals surface area contributed by atoms with Gasteiger partial charge in [-0.1, -0.05) is 12.1 Å². The minimum absolute atomic E-state index is 0.0839. The van der Waals surface area contributed by atoms with Gasteiger partial charge in [0.1, 0.15) is 11.5 Å². The van der Waals surface area contributed by atoms with Crippen LogP contribution in [0.5, 0.6) is 0 Å². The Balaban J connectivity index is 1.61. The molecule has 1 saturated heterocycles. The van der Waals surface area contributed by atoms with Gasteiger partial charge in [-0.3, -0.25) is 4.79 Å². The van der Waals surface area contributed by atoms with Crippen LogP contribution in [0.1, 0.15) is 38.9 Å². The highest BCUT2D eigenvalue weighted by atomic mass is 19.1. The van der Waals surface area contributed by atoms with E-state index in [-0.39, 0.29) is 29.4 Å². The van der Waals surface area contributed by atoms with Crippen molar-refractivity contribution < 1.29 is 23.8 Å². The van der Waals surface area contributed by atoms with Gasteiger partial charge in [-0.25, -0.2) is 14.2 Å². The molecule has 1 aromatic carbocycles. The van der Waals surface area contributed by atoms with Crippen LogP contribution in [0.2, 0.25) is 0 Å². The summed E-state index contributed by atoms with van der Waals surface area (Å²) in [6.45, 7) is 0.985. The Hall–Kier alpha value is -2.80. The number of carboxylic acid groups (broad SMARTS) is 1. The summed E-state index contributed by atoms with van der Waals surface area (Å²) in [5, 5.41) is 11.6. The monoisotopic (exact) mass is 344 g/mol. The van der Waals surface area contributed by atoms with Gasteiger partial charge in [0.05, 0.1) is 11.7 Å². The normalized spacial score (nSPS) is 19.6. The van der Waals surface area contributed by atoms with E-state index in [1.54, 1.807) is 12.1 Å². The Labute approximate surface area is 143 Å². The highest BCUT2D eigenvalue weighted by molar-refractivity contribution is 5.94. The molecule has 7 heteroatoms. The predicted molar refractivity (Wildman–Crippen MR) is 86.7 cm³/mol. The quantitative estimate of drug-likeness (QED) is 0.870. The van der Waals surface area contributed by atoms with Gasteiger partial charge >= 0.3 is 5.97 Å². The Morgan fingerprint density at radius 2 is 2.00 bits per heavy atom. The number of aromatic nitrogens is 1. The van der Waals surface area contributed by atoms with E-state index in [2.05, 4.69) is 10.3 Å². The molecule has 3 rings (SSSR count). The maximum absolute atomic E-state index is 13.1. The average molecular weight is 344 g/mol. The number of pyridine rings is 1. The molecule has 2 atom stereocenters. The molecule has 0 spiro atoms. The molecule has 0 aliphatic carbocycles. The first-order valence-corrected chi connectivity index (χ1v) is 7.89. The van der Waals surface area contributed by atoms with Crippen molar-refractivity contribution in [3.63, 3.8) is 0 Å². The van der Waals surface area contributed by atoms with Gasteiger partial charge in [-0.15, -0.1) is 0 Å². The third kappa shape index (κ3) is 4.00. The summed E-state index contributed by atoms with van der Waals surface area (Å²) >= 11 is 0. The number of hydrogen-bond donors (Lipinski definition) is 2. The maximum Gasteiger partial charge on any atom is 0.354 e. The summed E-state index contributed by atoms with van der Waals surface area (Å²) in [5.74, 6) is -1.68. The third-order valence-corrected chi connectivity index (χ3v) is 4.18. The number of nitrogens with one attached hydrogen (secondary N) is 1. The lowest BCUT2D eigenvalue weighted by molar-refractivity contribution is 0.0689. The zero-order chi connectivity index (χ0) is 17.8. The molecule has 1 fully saturated rings. The van der Waals surface area contributed by atoms with E-state index in [1.807, 2.05) is 0 Å². The molecule has 1 aliphatic rings. The first-order valence-electron chi connectivity index (χ1n) is 7.89. The lowest BCUT2D eigenvalue weighted by atomic mass is 9.95. The number of hydrogen-bond acceptors (Lipinski definition) is 4. The van der Waals surface area contributed by atoms with Crippen LogP contribution >= 0.6 is 0 Å². The second-order valence-corrected chi connectivity index (χ2v) is 5.84. The van der Waals surface area contributed by atoms with Crippen molar-refractivity contribution in [1.29, 1.82) is 0 Å². The van der Waals surface area contributed by atoms with Crippen LogP contribution < -0.4 is 5.32 Å². The van der Waals surface area contributed by atoms with Crippen LogP contribution in [0.25, 0.3) is 0 Å². The van der Waals surface area contributed by atoms with Crippen LogP contribution in [0.15, 0.2) is 42.6 Å². The second-order valence-electron chi connectivity index (χ2n) is 5.84. The first kappa shape index (κ1) is 17.0. The molecular formula is C18H17FN2O4. The molecule has 2 aromatic rings. The number of carboxylic acids is 1. The molecule has 0 bridgehead atoms. The first-order chi connectivity index (χ1) is 12.0. The molecule has 130 valence electrons. The fraction of sp³-hybridized carbons (Fsp3) is 0.278. The van der Waals surface area contributed by atoms with E-state index < -0.39 is 5.97 Å². The predicted octanol–water partition coefficient (Wildman–Crippen LogP) is 2.43. The standard InChI is InChI=1S/C18H17FN2O4/c19-14-4-1-11(2-5-14)16-12(7-8-25-16)9-21-17(22)13-3-6-15(18(23)24)20-10-13/h1-6,10,12,16H,7-9H2,(H,21,22)(H,23,24)/t12-,16-/m0/s1. The summed E-state index contributed by atoms with van der Waals surface area (Å²) < 4.78 is 18.8. The molecule has 1 aromatic heterocycles. The summed E-state index contributed by atoms with van der Waals surface area (Å²) in [4.78, 5) is 26.7. The summed E-state index contributed by atoms with van der Waals surface area (Å²) in [7, 11) is 0. The van der Waals surface area contributed by atoms with Crippen molar-refractivity contribution in [3.8, 4) is 0 Å².